The van der Waals surface area contributed by atoms with Crippen molar-refractivity contribution in [1.82, 2.24) is 19.9 Å². The van der Waals surface area contributed by atoms with Crippen molar-refractivity contribution in [3.63, 3.8) is 0 Å². The van der Waals surface area contributed by atoms with E-state index in [1.165, 1.54) is 0 Å². The minimum Gasteiger partial charge on any atom is -0.337 e. The highest BCUT2D eigenvalue weighted by atomic mass is 32.2. The number of anilines is 3. The molecular formula is C23H23N7O2S. The lowest BCUT2D eigenvalue weighted by molar-refractivity contribution is 0.0746. The van der Waals surface area contributed by atoms with Crippen molar-refractivity contribution in [2.24, 2.45) is 0 Å². The van der Waals surface area contributed by atoms with Gasteiger partial charge in [0.1, 0.15) is 5.03 Å². The molecule has 168 valence electrons. The topological polar surface area (TPSA) is 94.6 Å². The Labute approximate surface area is 195 Å². The van der Waals surface area contributed by atoms with Crippen LogP contribution in [0.15, 0.2) is 66.1 Å². The van der Waals surface area contributed by atoms with Crippen LogP contribution in [0.25, 0.3) is 0 Å². The molecule has 0 radical (unpaired) electrons. The lowest BCUT2D eigenvalue weighted by Crippen LogP contribution is -2.49. The van der Waals surface area contributed by atoms with Crippen LogP contribution in [-0.4, -0.2) is 70.3 Å². The summed E-state index contributed by atoms with van der Waals surface area (Å²) in [5, 5.41) is 3.79. The molecule has 1 saturated heterocycles. The van der Waals surface area contributed by atoms with Gasteiger partial charge in [-0.05, 0) is 42.5 Å². The molecule has 2 aliphatic rings. The van der Waals surface area contributed by atoms with Gasteiger partial charge in [-0.15, -0.1) is 11.8 Å². The number of rotatable bonds is 3. The second-order valence-electron chi connectivity index (χ2n) is 7.66. The molecule has 10 heteroatoms. The molecule has 2 aromatic heterocycles. The zero-order chi connectivity index (χ0) is 22.6. The number of amides is 3. The maximum absolute atomic E-state index is 12.9. The van der Waals surface area contributed by atoms with Crippen molar-refractivity contribution in [1.29, 1.82) is 0 Å². The van der Waals surface area contributed by atoms with Crippen molar-refractivity contribution in [2.45, 2.75) is 5.03 Å². The number of benzene rings is 1. The quantitative estimate of drug-likeness (QED) is 0.641. The molecule has 1 N–H and O–H groups in total. The maximum Gasteiger partial charge on any atom is 0.326 e. The van der Waals surface area contributed by atoms with Gasteiger partial charge in [-0.3, -0.25) is 9.69 Å². The van der Waals surface area contributed by atoms with Crippen molar-refractivity contribution in [3.8, 4) is 0 Å². The van der Waals surface area contributed by atoms with E-state index in [1.807, 2.05) is 17.0 Å². The van der Waals surface area contributed by atoms with Gasteiger partial charge < -0.3 is 15.1 Å². The Morgan fingerprint density at radius 2 is 1.58 bits per heavy atom. The van der Waals surface area contributed by atoms with Crippen LogP contribution in [0, 0.1) is 0 Å². The maximum atomic E-state index is 12.9. The number of nitrogens with zero attached hydrogens (tertiary/aromatic N) is 6. The molecule has 4 heterocycles. The average Bonchev–Trinajstić information content (AvgIpc) is 2.89. The van der Waals surface area contributed by atoms with Crippen LogP contribution >= 0.6 is 11.8 Å². The largest absolute Gasteiger partial charge is 0.337 e. The lowest BCUT2D eigenvalue weighted by Gasteiger charge is -2.34. The van der Waals surface area contributed by atoms with E-state index in [0.29, 0.717) is 49.9 Å². The van der Waals surface area contributed by atoms with Crippen LogP contribution in [0.2, 0.25) is 0 Å². The Bertz CT molecular complexity index is 1140. The number of piperazine rings is 1. The van der Waals surface area contributed by atoms with Crippen LogP contribution < -0.4 is 15.1 Å². The number of pyridine rings is 1. The molecule has 3 aromatic rings. The number of urea groups is 1. The second kappa shape index (κ2) is 9.45. The van der Waals surface area contributed by atoms with E-state index in [0.717, 1.165) is 16.5 Å². The van der Waals surface area contributed by atoms with Crippen LogP contribution in [0.3, 0.4) is 0 Å². The van der Waals surface area contributed by atoms with Gasteiger partial charge in [0.25, 0.3) is 5.91 Å². The third kappa shape index (κ3) is 4.61. The van der Waals surface area contributed by atoms with Crippen molar-refractivity contribution in [2.75, 3.05) is 53.6 Å². The van der Waals surface area contributed by atoms with Gasteiger partial charge in [0, 0.05) is 68.3 Å². The van der Waals surface area contributed by atoms with E-state index in [4.69, 9.17) is 0 Å². The molecule has 33 heavy (non-hydrogen) atoms. The molecule has 0 saturated carbocycles. The number of hydrogen-bond acceptors (Lipinski definition) is 7. The first kappa shape index (κ1) is 21.2. The zero-order valence-electron chi connectivity index (χ0n) is 17.9. The van der Waals surface area contributed by atoms with Crippen molar-refractivity contribution in [3.05, 3.63) is 66.6 Å². The minimum atomic E-state index is -0.206. The standard InChI is InChI=1S/C23H23N7O2S/c31-21(28-11-13-29(14-12-28)22-25-9-2-10-26-22)17-4-6-18(7-5-17)27-23(32)30-15-16-33-20-19(30)3-1-8-24-20/h1-10H,11-16H2,(H,27,32). The van der Waals surface area contributed by atoms with E-state index in [9.17, 15) is 9.59 Å². The molecule has 0 spiro atoms. The first-order valence-electron chi connectivity index (χ1n) is 10.8. The normalized spacial score (nSPS) is 15.7. The summed E-state index contributed by atoms with van der Waals surface area (Å²) in [5.41, 5.74) is 2.06. The van der Waals surface area contributed by atoms with E-state index in [1.54, 1.807) is 65.6 Å². The third-order valence-electron chi connectivity index (χ3n) is 5.63. The summed E-state index contributed by atoms with van der Waals surface area (Å²) >= 11 is 1.65. The highest BCUT2D eigenvalue weighted by Gasteiger charge is 2.25. The number of fused-ring (bicyclic) bond motifs is 1. The predicted octanol–water partition coefficient (Wildman–Crippen LogP) is 2.98. The molecule has 9 nitrogen and oxygen atoms in total. The van der Waals surface area contributed by atoms with Gasteiger partial charge >= 0.3 is 6.03 Å². The predicted molar refractivity (Wildman–Crippen MR) is 128 cm³/mol. The monoisotopic (exact) mass is 461 g/mol. The van der Waals surface area contributed by atoms with Crippen LogP contribution in [-0.2, 0) is 0 Å². The molecular weight excluding hydrogens is 438 g/mol. The molecule has 1 aromatic carbocycles. The summed E-state index contributed by atoms with van der Waals surface area (Å²) in [6, 6.07) is 12.4. The van der Waals surface area contributed by atoms with Gasteiger partial charge in [-0.1, -0.05) is 0 Å². The average molecular weight is 462 g/mol. The van der Waals surface area contributed by atoms with E-state index >= 15 is 0 Å². The molecule has 0 atom stereocenters. The number of hydrogen-bond donors (Lipinski definition) is 1. The Morgan fingerprint density at radius 1 is 0.848 bits per heavy atom. The molecule has 2 aliphatic heterocycles. The van der Waals surface area contributed by atoms with Crippen LogP contribution in [0.4, 0.5) is 22.1 Å². The smallest absolute Gasteiger partial charge is 0.326 e. The highest BCUT2D eigenvalue weighted by molar-refractivity contribution is 7.99. The number of aromatic nitrogens is 3. The van der Waals surface area contributed by atoms with Gasteiger partial charge in [-0.2, -0.15) is 0 Å². The Morgan fingerprint density at radius 3 is 2.33 bits per heavy atom. The fraction of sp³-hybridized carbons (Fsp3) is 0.261. The molecule has 1 fully saturated rings. The SMILES string of the molecule is O=C(c1ccc(NC(=O)N2CCSc3ncccc32)cc1)N1CCN(c2ncccn2)CC1. The Balaban J connectivity index is 1.19. The first-order valence-corrected chi connectivity index (χ1v) is 11.8. The molecule has 0 unspecified atom stereocenters. The van der Waals surface area contributed by atoms with Gasteiger partial charge in [0.05, 0.1) is 5.69 Å². The number of carbonyl (C=O) groups excluding carboxylic acids is 2. The Hall–Kier alpha value is -3.66. The summed E-state index contributed by atoms with van der Waals surface area (Å²) in [6.07, 6.45) is 5.18. The summed E-state index contributed by atoms with van der Waals surface area (Å²) in [5.74, 6) is 1.47. The van der Waals surface area contributed by atoms with Gasteiger partial charge in [0.2, 0.25) is 5.95 Å². The molecule has 5 rings (SSSR count). The Kier molecular flexibility index (Phi) is 6.07. The fourth-order valence-corrected chi connectivity index (χ4v) is 4.83. The van der Waals surface area contributed by atoms with E-state index in [2.05, 4.69) is 25.2 Å². The first-order chi connectivity index (χ1) is 16.2. The van der Waals surface area contributed by atoms with Crippen molar-refractivity contribution < 1.29 is 9.59 Å². The second-order valence-corrected chi connectivity index (χ2v) is 8.75. The highest BCUT2D eigenvalue weighted by Crippen LogP contribution is 2.32. The molecule has 0 bridgehead atoms. The third-order valence-corrected chi connectivity index (χ3v) is 6.60. The zero-order valence-corrected chi connectivity index (χ0v) is 18.7. The molecule has 3 amide bonds. The van der Waals surface area contributed by atoms with E-state index in [-0.39, 0.29) is 11.9 Å². The number of thioether (sulfide) groups is 1. The molecule has 0 aliphatic carbocycles. The summed E-state index contributed by atoms with van der Waals surface area (Å²) in [7, 11) is 0. The minimum absolute atomic E-state index is 0.0189. The summed E-state index contributed by atoms with van der Waals surface area (Å²) in [4.78, 5) is 44.3. The number of carbonyl (C=O) groups is 2. The summed E-state index contributed by atoms with van der Waals surface area (Å²) in [6.45, 7) is 3.21. The van der Waals surface area contributed by atoms with Crippen LogP contribution in [0.1, 0.15) is 10.4 Å². The van der Waals surface area contributed by atoms with Crippen molar-refractivity contribution >= 4 is 41.0 Å². The van der Waals surface area contributed by atoms with Gasteiger partial charge in [-0.25, -0.2) is 19.7 Å². The van der Waals surface area contributed by atoms with Gasteiger partial charge in [0.15, 0.2) is 0 Å². The van der Waals surface area contributed by atoms with E-state index < -0.39 is 0 Å². The number of nitrogens with one attached hydrogen (secondary N) is 1. The lowest BCUT2D eigenvalue weighted by atomic mass is 10.1. The fourth-order valence-electron chi connectivity index (χ4n) is 3.90. The van der Waals surface area contributed by atoms with Crippen LogP contribution in [0.5, 0.6) is 0 Å². The summed E-state index contributed by atoms with van der Waals surface area (Å²) < 4.78 is 0.